The van der Waals surface area contributed by atoms with E-state index in [0.717, 1.165) is 19.4 Å². The minimum Gasteiger partial charge on any atom is -0.307 e. The first-order valence-electron chi connectivity index (χ1n) is 4.78. The standard InChI is InChI=1S/C9H14N4S/c1-2-3-6-12-8-11-13(9(12)14)7-4-5-10/h8H,2-4,6-7H2,1H3. The van der Waals surface area contributed by atoms with Gasteiger partial charge in [0.25, 0.3) is 0 Å². The first-order chi connectivity index (χ1) is 6.79. The summed E-state index contributed by atoms with van der Waals surface area (Å²) in [6, 6.07) is 2.08. The van der Waals surface area contributed by atoms with Gasteiger partial charge in [0.15, 0.2) is 4.77 Å². The summed E-state index contributed by atoms with van der Waals surface area (Å²) < 4.78 is 4.37. The Bertz CT molecular complexity index is 371. The highest BCUT2D eigenvalue weighted by atomic mass is 32.1. The van der Waals surface area contributed by atoms with Crippen LogP contribution in [0.15, 0.2) is 6.33 Å². The maximum absolute atomic E-state index is 8.43. The van der Waals surface area contributed by atoms with Crippen molar-refractivity contribution in [2.24, 2.45) is 0 Å². The molecule has 1 rings (SSSR count). The topological polar surface area (TPSA) is 46.5 Å². The molecule has 0 aliphatic rings. The van der Waals surface area contributed by atoms with Crippen molar-refractivity contribution < 1.29 is 0 Å². The number of aromatic nitrogens is 3. The molecule has 0 aliphatic heterocycles. The zero-order valence-corrected chi connectivity index (χ0v) is 9.13. The molecule has 0 radical (unpaired) electrons. The molecule has 0 bridgehead atoms. The molecule has 76 valence electrons. The lowest BCUT2D eigenvalue weighted by Crippen LogP contribution is -2.02. The fourth-order valence-corrected chi connectivity index (χ4v) is 1.44. The van der Waals surface area contributed by atoms with Gasteiger partial charge in [-0.15, -0.1) is 0 Å². The lowest BCUT2D eigenvalue weighted by molar-refractivity contribution is 0.585. The molecule has 0 N–H and O–H groups in total. The van der Waals surface area contributed by atoms with Crippen molar-refractivity contribution in [1.29, 1.82) is 5.26 Å². The van der Waals surface area contributed by atoms with Gasteiger partial charge < -0.3 is 4.57 Å². The number of rotatable bonds is 5. The molecule has 0 unspecified atom stereocenters. The second-order valence-corrected chi connectivity index (χ2v) is 3.46. The SMILES string of the molecule is CCCCn1cnn(CCC#N)c1=S. The molecule has 0 saturated heterocycles. The van der Waals surface area contributed by atoms with Gasteiger partial charge in [-0.2, -0.15) is 10.4 Å². The number of aryl methyl sites for hydroxylation is 2. The van der Waals surface area contributed by atoms with Gasteiger partial charge in [-0.05, 0) is 18.6 Å². The van der Waals surface area contributed by atoms with E-state index in [1.54, 1.807) is 11.0 Å². The van der Waals surface area contributed by atoms with Crippen LogP contribution in [0.5, 0.6) is 0 Å². The van der Waals surface area contributed by atoms with Crippen molar-refractivity contribution in [3.05, 3.63) is 11.1 Å². The Balaban J connectivity index is 2.66. The molecule has 0 saturated carbocycles. The Morgan fingerprint density at radius 3 is 3.00 bits per heavy atom. The van der Waals surface area contributed by atoms with Crippen molar-refractivity contribution in [1.82, 2.24) is 14.3 Å². The van der Waals surface area contributed by atoms with E-state index in [-0.39, 0.29) is 0 Å². The summed E-state index contributed by atoms with van der Waals surface area (Å²) in [7, 11) is 0. The summed E-state index contributed by atoms with van der Waals surface area (Å²) >= 11 is 5.21. The minimum absolute atomic E-state index is 0.457. The summed E-state index contributed by atoms with van der Waals surface area (Å²) in [5, 5.41) is 12.6. The van der Waals surface area contributed by atoms with E-state index in [2.05, 4.69) is 18.1 Å². The highest BCUT2D eigenvalue weighted by molar-refractivity contribution is 7.71. The Hall–Kier alpha value is -1.15. The number of unbranched alkanes of at least 4 members (excludes halogenated alkanes) is 1. The normalized spacial score (nSPS) is 10.0. The maximum atomic E-state index is 8.43. The maximum Gasteiger partial charge on any atom is 0.197 e. The number of nitrogens with zero attached hydrogens (tertiary/aromatic N) is 4. The summed E-state index contributed by atoms with van der Waals surface area (Å²) in [5.74, 6) is 0. The Morgan fingerprint density at radius 1 is 1.57 bits per heavy atom. The second-order valence-electron chi connectivity index (χ2n) is 3.09. The van der Waals surface area contributed by atoms with Crippen LogP contribution in [0.2, 0.25) is 0 Å². The van der Waals surface area contributed by atoms with Gasteiger partial charge in [-0.3, -0.25) is 0 Å². The van der Waals surface area contributed by atoms with Crippen LogP contribution in [0.3, 0.4) is 0 Å². The van der Waals surface area contributed by atoms with Crippen molar-refractivity contribution in [2.45, 2.75) is 39.3 Å². The summed E-state index contributed by atoms with van der Waals surface area (Å²) in [6.45, 7) is 3.65. The average Bonchev–Trinajstić information content (AvgIpc) is 2.54. The van der Waals surface area contributed by atoms with Gasteiger partial charge in [0, 0.05) is 6.54 Å². The third-order valence-corrected chi connectivity index (χ3v) is 2.43. The lowest BCUT2D eigenvalue weighted by Gasteiger charge is -1.99. The largest absolute Gasteiger partial charge is 0.307 e. The van der Waals surface area contributed by atoms with Gasteiger partial charge in [-0.25, -0.2) is 4.68 Å². The Kier molecular flexibility index (Phi) is 4.33. The zero-order chi connectivity index (χ0) is 10.4. The average molecular weight is 210 g/mol. The van der Waals surface area contributed by atoms with Gasteiger partial charge in [0.2, 0.25) is 0 Å². The molecule has 14 heavy (non-hydrogen) atoms. The molecule has 0 aliphatic carbocycles. The molecule has 5 heteroatoms. The quantitative estimate of drug-likeness (QED) is 0.699. The van der Waals surface area contributed by atoms with Crippen LogP contribution in [0.25, 0.3) is 0 Å². The van der Waals surface area contributed by atoms with Gasteiger partial charge in [0.1, 0.15) is 6.33 Å². The van der Waals surface area contributed by atoms with Gasteiger partial charge in [0.05, 0.1) is 19.0 Å². The van der Waals surface area contributed by atoms with Crippen molar-refractivity contribution in [2.75, 3.05) is 0 Å². The van der Waals surface area contributed by atoms with Crippen molar-refractivity contribution in [3.8, 4) is 6.07 Å². The van der Waals surface area contributed by atoms with E-state index in [4.69, 9.17) is 17.5 Å². The zero-order valence-electron chi connectivity index (χ0n) is 8.31. The number of hydrogen-bond donors (Lipinski definition) is 0. The highest BCUT2D eigenvalue weighted by Gasteiger charge is 1.99. The van der Waals surface area contributed by atoms with Gasteiger partial charge in [-0.1, -0.05) is 13.3 Å². The molecule has 0 spiro atoms. The molecule has 1 aromatic heterocycles. The van der Waals surface area contributed by atoms with Crippen LogP contribution in [0.1, 0.15) is 26.2 Å². The van der Waals surface area contributed by atoms with Crippen LogP contribution in [0, 0.1) is 16.1 Å². The van der Waals surface area contributed by atoms with E-state index < -0.39 is 0 Å². The predicted molar refractivity (Wildman–Crippen MR) is 56.2 cm³/mol. The Morgan fingerprint density at radius 2 is 2.36 bits per heavy atom. The van der Waals surface area contributed by atoms with Crippen molar-refractivity contribution in [3.63, 3.8) is 0 Å². The van der Waals surface area contributed by atoms with Crippen LogP contribution >= 0.6 is 12.2 Å². The molecule has 0 amide bonds. The number of hydrogen-bond acceptors (Lipinski definition) is 3. The molecule has 0 aromatic carbocycles. The van der Waals surface area contributed by atoms with E-state index in [0.29, 0.717) is 17.7 Å². The van der Waals surface area contributed by atoms with E-state index >= 15 is 0 Å². The lowest BCUT2D eigenvalue weighted by atomic mass is 10.3. The number of nitriles is 1. The molecular formula is C9H14N4S. The van der Waals surface area contributed by atoms with Crippen LogP contribution < -0.4 is 0 Å². The fraction of sp³-hybridized carbons (Fsp3) is 0.667. The van der Waals surface area contributed by atoms with Gasteiger partial charge >= 0.3 is 0 Å². The predicted octanol–water partition coefficient (Wildman–Crippen LogP) is 2.13. The van der Waals surface area contributed by atoms with Crippen LogP contribution in [-0.4, -0.2) is 14.3 Å². The molecular weight excluding hydrogens is 196 g/mol. The Labute approximate surface area is 88.8 Å². The molecule has 1 aromatic rings. The molecule has 1 heterocycles. The minimum atomic E-state index is 0.457. The summed E-state index contributed by atoms with van der Waals surface area (Å²) in [5.41, 5.74) is 0. The monoisotopic (exact) mass is 210 g/mol. The van der Waals surface area contributed by atoms with E-state index in [1.807, 2.05) is 4.57 Å². The fourth-order valence-electron chi connectivity index (χ4n) is 1.16. The molecule has 0 fully saturated rings. The third kappa shape index (κ3) is 2.67. The first kappa shape index (κ1) is 10.9. The molecule has 0 atom stereocenters. The molecule has 4 nitrogen and oxygen atoms in total. The van der Waals surface area contributed by atoms with Crippen LogP contribution in [0.4, 0.5) is 0 Å². The summed E-state index contributed by atoms with van der Waals surface area (Å²) in [4.78, 5) is 0. The van der Waals surface area contributed by atoms with E-state index in [9.17, 15) is 0 Å². The second kappa shape index (κ2) is 5.55. The first-order valence-corrected chi connectivity index (χ1v) is 5.19. The smallest absolute Gasteiger partial charge is 0.197 e. The highest BCUT2D eigenvalue weighted by Crippen LogP contribution is 1.98. The van der Waals surface area contributed by atoms with Crippen molar-refractivity contribution >= 4 is 12.2 Å². The van der Waals surface area contributed by atoms with E-state index in [1.165, 1.54) is 0 Å². The van der Waals surface area contributed by atoms with Crippen LogP contribution in [-0.2, 0) is 13.1 Å². The third-order valence-electron chi connectivity index (χ3n) is 1.98. The summed E-state index contributed by atoms with van der Waals surface area (Å²) in [6.07, 6.45) is 4.46.